The highest BCUT2D eigenvalue weighted by Crippen LogP contribution is 2.20. The number of β-amino-alcohol motifs (C(OH)–C–C–N with tert-alkyl or cyclic N) is 1. The van der Waals surface area contributed by atoms with Crippen molar-refractivity contribution in [3.8, 4) is 0 Å². The van der Waals surface area contributed by atoms with Gasteiger partial charge in [0.15, 0.2) is 0 Å². The molecule has 0 saturated carbocycles. The summed E-state index contributed by atoms with van der Waals surface area (Å²) in [6.07, 6.45) is 0.0844. The Kier molecular flexibility index (Phi) is 4.92. The Hall–Kier alpha value is -1.09. The second-order valence-corrected chi connectivity index (χ2v) is 7.13. The zero-order chi connectivity index (χ0) is 15.6. The predicted molar refractivity (Wildman–Crippen MR) is 74.2 cm³/mol. The van der Waals surface area contributed by atoms with E-state index >= 15 is 0 Å². The lowest BCUT2D eigenvalue weighted by Gasteiger charge is -2.34. The Morgan fingerprint density at radius 3 is 2.38 bits per heavy atom. The molecule has 1 fully saturated rings. The van der Waals surface area contributed by atoms with E-state index in [1.165, 1.54) is 10.4 Å². The molecule has 0 aromatic heterocycles. The number of benzene rings is 1. The average molecular weight is 320 g/mol. The fourth-order valence-corrected chi connectivity index (χ4v) is 3.18. The first-order valence-corrected chi connectivity index (χ1v) is 8.42. The van der Waals surface area contributed by atoms with Gasteiger partial charge in [0, 0.05) is 44.4 Å². The van der Waals surface area contributed by atoms with Gasteiger partial charge in [0.1, 0.15) is 11.6 Å². The van der Waals surface area contributed by atoms with Crippen molar-refractivity contribution in [1.29, 1.82) is 0 Å². The number of rotatable bonds is 4. The zero-order valence-electron chi connectivity index (χ0n) is 11.7. The average Bonchev–Trinajstić information content (AvgIpc) is 2.38. The van der Waals surface area contributed by atoms with Crippen molar-refractivity contribution in [1.82, 2.24) is 9.21 Å². The summed E-state index contributed by atoms with van der Waals surface area (Å²) in [7, 11) is -3.20. The molecule has 1 heterocycles. The summed E-state index contributed by atoms with van der Waals surface area (Å²) in [6, 6.07) is 3.06. The fraction of sp³-hybridized carbons (Fsp3) is 0.538. The fourth-order valence-electron chi connectivity index (χ4n) is 2.36. The van der Waals surface area contributed by atoms with Gasteiger partial charge >= 0.3 is 0 Å². The lowest BCUT2D eigenvalue weighted by atomic mass is 10.1. The van der Waals surface area contributed by atoms with Gasteiger partial charge in [0.25, 0.3) is 0 Å². The van der Waals surface area contributed by atoms with Crippen LogP contribution in [0.3, 0.4) is 0 Å². The van der Waals surface area contributed by atoms with Crippen molar-refractivity contribution in [2.75, 3.05) is 39.0 Å². The Morgan fingerprint density at radius 2 is 1.86 bits per heavy atom. The third-order valence-electron chi connectivity index (χ3n) is 3.55. The molecular weight excluding hydrogens is 302 g/mol. The largest absolute Gasteiger partial charge is 0.387 e. The first-order valence-electron chi connectivity index (χ1n) is 6.58. The van der Waals surface area contributed by atoms with Crippen molar-refractivity contribution < 1.29 is 22.3 Å². The highest BCUT2D eigenvalue weighted by atomic mass is 32.2. The summed E-state index contributed by atoms with van der Waals surface area (Å²) in [6.45, 7) is 1.80. The molecule has 1 aromatic rings. The maximum absolute atomic E-state index is 13.6. The number of hydrogen-bond acceptors (Lipinski definition) is 4. The number of nitrogens with zero attached hydrogens (tertiary/aromatic N) is 2. The minimum absolute atomic E-state index is 0.0435. The zero-order valence-corrected chi connectivity index (χ0v) is 12.5. The van der Waals surface area contributed by atoms with Crippen molar-refractivity contribution in [2.45, 2.75) is 6.10 Å². The van der Waals surface area contributed by atoms with Gasteiger partial charge in [-0.25, -0.2) is 17.2 Å². The van der Waals surface area contributed by atoms with E-state index in [1.54, 1.807) is 0 Å². The Morgan fingerprint density at radius 1 is 1.24 bits per heavy atom. The minimum atomic E-state index is -3.20. The third kappa shape index (κ3) is 4.19. The molecule has 2 rings (SSSR count). The van der Waals surface area contributed by atoms with Gasteiger partial charge in [0.05, 0.1) is 12.4 Å². The van der Waals surface area contributed by atoms with Crippen LogP contribution in [0, 0.1) is 11.6 Å². The molecule has 118 valence electrons. The topological polar surface area (TPSA) is 60.9 Å². The third-order valence-corrected chi connectivity index (χ3v) is 4.86. The number of halogens is 2. The van der Waals surface area contributed by atoms with E-state index in [-0.39, 0.29) is 12.1 Å². The molecule has 0 aliphatic carbocycles. The molecule has 1 atom stereocenters. The van der Waals surface area contributed by atoms with Crippen molar-refractivity contribution >= 4 is 10.0 Å². The first kappa shape index (κ1) is 16.3. The lowest BCUT2D eigenvalue weighted by Crippen LogP contribution is -2.49. The monoisotopic (exact) mass is 320 g/mol. The van der Waals surface area contributed by atoms with Crippen molar-refractivity contribution in [3.63, 3.8) is 0 Å². The summed E-state index contributed by atoms with van der Waals surface area (Å²) in [5, 5.41) is 10.0. The van der Waals surface area contributed by atoms with Gasteiger partial charge in [0.2, 0.25) is 10.0 Å². The highest BCUT2D eigenvalue weighted by Gasteiger charge is 2.25. The minimum Gasteiger partial charge on any atom is -0.387 e. The molecule has 8 heteroatoms. The quantitative estimate of drug-likeness (QED) is 0.881. The molecule has 1 aromatic carbocycles. The Bertz CT molecular complexity index is 601. The van der Waals surface area contributed by atoms with E-state index in [0.29, 0.717) is 26.2 Å². The molecule has 1 aliphatic heterocycles. The molecule has 0 bridgehead atoms. The van der Waals surface area contributed by atoms with Gasteiger partial charge in [-0.1, -0.05) is 6.07 Å². The molecule has 0 radical (unpaired) electrons. The van der Waals surface area contributed by atoms with E-state index in [0.717, 1.165) is 18.4 Å². The smallest absolute Gasteiger partial charge is 0.211 e. The molecular formula is C13H18F2N2O3S. The highest BCUT2D eigenvalue weighted by molar-refractivity contribution is 7.88. The molecule has 1 saturated heterocycles. The predicted octanol–water partition coefficient (Wildman–Crippen LogP) is 0.575. The summed E-state index contributed by atoms with van der Waals surface area (Å²) in [5.41, 5.74) is 0.0435. The molecule has 5 nitrogen and oxygen atoms in total. The van der Waals surface area contributed by atoms with Crippen LogP contribution >= 0.6 is 0 Å². The molecule has 0 spiro atoms. The van der Waals surface area contributed by atoms with E-state index in [1.807, 2.05) is 4.90 Å². The molecule has 21 heavy (non-hydrogen) atoms. The van der Waals surface area contributed by atoms with E-state index in [9.17, 15) is 22.3 Å². The van der Waals surface area contributed by atoms with Crippen LogP contribution in [0.2, 0.25) is 0 Å². The van der Waals surface area contributed by atoms with Crippen LogP contribution in [0.4, 0.5) is 8.78 Å². The maximum Gasteiger partial charge on any atom is 0.211 e. The van der Waals surface area contributed by atoms with Crippen LogP contribution in [-0.4, -0.2) is 61.7 Å². The number of piperazine rings is 1. The van der Waals surface area contributed by atoms with Gasteiger partial charge < -0.3 is 5.11 Å². The Balaban J connectivity index is 1.94. The van der Waals surface area contributed by atoms with Crippen LogP contribution < -0.4 is 0 Å². The van der Waals surface area contributed by atoms with E-state index < -0.39 is 27.8 Å². The van der Waals surface area contributed by atoms with Crippen molar-refractivity contribution in [3.05, 3.63) is 35.4 Å². The van der Waals surface area contributed by atoms with Crippen molar-refractivity contribution in [2.24, 2.45) is 0 Å². The molecule has 0 amide bonds. The van der Waals surface area contributed by atoms with Crippen LogP contribution in [0.5, 0.6) is 0 Å². The van der Waals surface area contributed by atoms with Gasteiger partial charge in [-0.05, 0) is 6.07 Å². The van der Waals surface area contributed by atoms with Crippen LogP contribution in [0.25, 0.3) is 0 Å². The lowest BCUT2D eigenvalue weighted by molar-refractivity contribution is 0.0899. The van der Waals surface area contributed by atoms with Crippen LogP contribution in [-0.2, 0) is 10.0 Å². The molecule has 1 N–H and O–H groups in total. The molecule has 1 unspecified atom stereocenters. The van der Waals surface area contributed by atoms with E-state index in [2.05, 4.69) is 0 Å². The first-order chi connectivity index (χ1) is 9.77. The van der Waals surface area contributed by atoms with Gasteiger partial charge in [-0.2, -0.15) is 4.31 Å². The molecule has 1 aliphatic rings. The van der Waals surface area contributed by atoms with Gasteiger partial charge in [-0.3, -0.25) is 4.90 Å². The summed E-state index contributed by atoms with van der Waals surface area (Å²) in [5.74, 6) is -1.47. The maximum atomic E-state index is 13.6. The van der Waals surface area contributed by atoms with Gasteiger partial charge in [-0.15, -0.1) is 0 Å². The second kappa shape index (κ2) is 6.35. The number of aliphatic hydroxyl groups is 1. The second-order valence-electron chi connectivity index (χ2n) is 5.14. The SMILES string of the molecule is CS(=O)(=O)N1CCN(CC(O)c2ccc(F)cc2F)CC1. The number of hydrogen-bond donors (Lipinski definition) is 1. The Labute approximate surface area is 122 Å². The normalized spacial score (nSPS) is 19.6. The van der Waals surface area contributed by atoms with E-state index in [4.69, 9.17) is 0 Å². The van der Waals surface area contributed by atoms with Crippen LogP contribution in [0.1, 0.15) is 11.7 Å². The standard InChI is InChI=1S/C13H18F2N2O3S/c1-21(19,20)17-6-4-16(5-7-17)9-13(18)11-3-2-10(14)8-12(11)15/h2-3,8,13,18H,4-7,9H2,1H3. The number of aliphatic hydroxyl groups excluding tert-OH is 1. The van der Waals surface area contributed by atoms with Crippen LogP contribution in [0.15, 0.2) is 18.2 Å². The summed E-state index contributed by atoms with van der Waals surface area (Å²) < 4.78 is 50.5. The summed E-state index contributed by atoms with van der Waals surface area (Å²) in [4.78, 5) is 1.86. The number of sulfonamides is 1. The summed E-state index contributed by atoms with van der Waals surface area (Å²) >= 11 is 0.